The smallest absolute Gasteiger partial charge is 0.271 e. The third kappa shape index (κ3) is 3.51. The number of benzene rings is 1. The van der Waals surface area contributed by atoms with Gasteiger partial charge in [-0.15, -0.1) is 11.3 Å². The van der Waals surface area contributed by atoms with Crippen LogP contribution in [0.2, 0.25) is 5.02 Å². The highest BCUT2D eigenvalue weighted by Crippen LogP contribution is 2.29. The average molecular weight is 381 g/mol. The first kappa shape index (κ1) is 14.8. The van der Waals surface area contributed by atoms with Crippen molar-refractivity contribution in [2.24, 2.45) is 0 Å². The molecule has 0 unspecified atom stereocenters. The molecule has 1 aromatic heterocycles. The quantitative estimate of drug-likeness (QED) is 0.847. The van der Waals surface area contributed by atoms with Crippen LogP contribution in [0.4, 0.5) is 5.69 Å². The zero-order valence-electron chi connectivity index (χ0n) is 9.98. The minimum atomic E-state index is -3.58. The van der Waals surface area contributed by atoms with Gasteiger partial charge in [-0.3, -0.25) is 4.72 Å². The van der Waals surface area contributed by atoms with Crippen LogP contribution in [0.3, 0.4) is 0 Å². The maximum absolute atomic E-state index is 12.2. The van der Waals surface area contributed by atoms with E-state index in [1.807, 2.05) is 13.0 Å². The number of aryl methyl sites for hydroxylation is 1. The maximum atomic E-state index is 12.2. The van der Waals surface area contributed by atoms with Crippen LogP contribution in [-0.2, 0) is 16.4 Å². The van der Waals surface area contributed by atoms with Gasteiger partial charge in [0, 0.05) is 9.35 Å². The molecule has 0 amide bonds. The zero-order chi connectivity index (χ0) is 14.0. The van der Waals surface area contributed by atoms with Crippen LogP contribution >= 0.6 is 38.9 Å². The van der Waals surface area contributed by atoms with Gasteiger partial charge < -0.3 is 0 Å². The predicted octanol–water partition coefficient (Wildman–Crippen LogP) is 4.53. The SMILES string of the molecule is CCc1ccc(S(=O)(=O)Nc2cc(Br)ccc2Cl)s1. The van der Waals surface area contributed by atoms with E-state index >= 15 is 0 Å². The Morgan fingerprint density at radius 3 is 2.68 bits per heavy atom. The van der Waals surface area contributed by atoms with Crippen LogP contribution < -0.4 is 4.72 Å². The largest absolute Gasteiger partial charge is 0.277 e. The summed E-state index contributed by atoms with van der Waals surface area (Å²) in [5, 5.41) is 0.360. The minimum Gasteiger partial charge on any atom is -0.277 e. The van der Waals surface area contributed by atoms with Gasteiger partial charge in [0.2, 0.25) is 0 Å². The Kier molecular flexibility index (Phi) is 4.55. The van der Waals surface area contributed by atoms with Crippen molar-refractivity contribution in [3.05, 3.63) is 44.7 Å². The molecule has 1 N–H and O–H groups in total. The first-order valence-electron chi connectivity index (χ1n) is 5.49. The predicted molar refractivity (Wildman–Crippen MR) is 83.7 cm³/mol. The summed E-state index contributed by atoms with van der Waals surface area (Å²) in [6.45, 7) is 1.99. The second-order valence-corrected chi connectivity index (χ2v) is 8.20. The van der Waals surface area contributed by atoms with Crippen molar-refractivity contribution in [2.45, 2.75) is 17.6 Å². The lowest BCUT2D eigenvalue weighted by Crippen LogP contribution is -2.11. The second-order valence-electron chi connectivity index (χ2n) is 3.80. The topological polar surface area (TPSA) is 46.2 Å². The molecule has 0 aliphatic carbocycles. The van der Waals surface area contributed by atoms with E-state index in [0.717, 1.165) is 15.8 Å². The number of hydrogen-bond acceptors (Lipinski definition) is 3. The maximum Gasteiger partial charge on any atom is 0.271 e. The van der Waals surface area contributed by atoms with Gasteiger partial charge in [-0.1, -0.05) is 34.5 Å². The standard InChI is InChI=1S/C12H11BrClNO2S2/c1-2-9-4-6-12(18-9)19(16,17)15-11-7-8(13)3-5-10(11)14/h3-7,15H,2H2,1H3. The van der Waals surface area contributed by atoms with E-state index in [1.54, 1.807) is 24.3 Å². The van der Waals surface area contributed by atoms with Crippen molar-refractivity contribution >= 4 is 54.6 Å². The van der Waals surface area contributed by atoms with Gasteiger partial charge in [0.15, 0.2) is 0 Å². The molecule has 0 atom stereocenters. The summed E-state index contributed by atoms with van der Waals surface area (Å²) in [5.41, 5.74) is 0.363. The number of halogens is 2. The third-order valence-corrected chi connectivity index (χ3v) is 6.33. The Hall–Kier alpha value is -0.560. The Morgan fingerprint density at radius 2 is 2.05 bits per heavy atom. The molecular weight excluding hydrogens is 370 g/mol. The summed E-state index contributed by atoms with van der Waals surface area (Å²) in [7, 11) is -3.58. The van der Waals surface area contributed by atoms with Crippen molar-refractivity contribution in [2.75, 3.05) is 4.72 Å². The van der Waals surface area contributed by atoms with Crippen LogP contribution in [0, 0.1) is 0 Å². The fourth-order valence-corrected chi connectivity index (χ4v) is 4.41. The Morgan fingerprint density at radius 1 is 1.32 bits per heavy atom. The molecule has 0 spiro atoms. The molecule has 0 saturated carbocycles. The number of nitrogens with one attached hydrogen (secondary N) is 1. The summed E-state index contributed by atoms with van der Waals surface area (Å²) in [6.07, 6.45) is 0.817. The van der Waals surface area contributed by atoms with Crippen LogP contribution in [-0.4, -0.2) is 8.42 Å². The van der Waals surface area contributed by atoms with Crippen LogP contribution in [0.1, 0.15) is 11.8 Å². The molecule has 2 rings (SSSR count). The molecule has 0 aliphatic heterocycles. The van der Waals surface area contributed by atoms with E-state index in [9.17, 15) is 8.42 Å². The number of sulfonamides is 1. The fourth-order valence-electron chi connectivity index (χ4n) is 1.46. The molecule has 7 heteroatoms. The normalized spacial score (nSPS) is 11.5. The van der Waals surface area contributed by atoms with E-state index in [0.29, 0.717) is 14.9 Å². The molecule has 0 fully saturated rings. The molecule has 102 valence electrons. The lowest BCUT2D eigenvalue weighted by molar-refractivity contribution is 0.603. The summed E-state index contributed by atoms with van der Waals surface area (Å²) < 4.78 is 28.0. The van der Waals surface area contributed by atoms with Gasteiger partial charge in [0.05, 0.1) is 10.7 Å². The summed E-state index contributed by atoms with van der Waals surface area (Å²) >= 11 is 10.5. The lowest BCUT2D eigenvalue weighted by Gasteiger charge is -2.08. The van der Waals surface area contributed by atoms with Gasteiger partial charge in [-0.2, -0.15) is 0 Å². The molecular formula is C12H11BrClNO2S2. The van der Waals surface area contributed by atoms with Crippen LogP contribution in [0.5, 0.6) is 0 Å². The second kappa shape index (κ2) is 5.83. The van der Waals surface area contributed by atoms with E-state index in [1.165, 1.54) is 11.3 Å². The first-order valence-corrected chi connectivity index (χ1v) is 8.96. The average Bonchev–Trinajstić information content (AvgIpc) is 2.83. The van der Waals surface area contributed by atoms with E-state index in [-0.39, 0.29) is 0 Å². The Labute approximate surface area is 129 Å². The molecule has 1 aromatic carbocycles. The fraction of sp³-hybridized carbons (Fsp3) is 0.167. The van der Waals surface area contributed by atoms with Gasteiger partial charge in [-0.05, 0) is 36.8 Å². The van der Waals surface area contributed by atoms with Crippen LogP contribution in [0.15, 0.2) is 39.0 Å². The van der Waals surface area contributed by atoms with Crippen molar-refractivity contribution < 1.29 is 8.42 Å². The van der Waals surface area contributed by atoms with Crippen LogP contribution in [0.25, 0.3) is 0 Å². The van der Waals surface area contributed by atoms with Crippen molar-refractivity contribution in [3.8, 4) is 0 Å². The minimum absolute atomic E-state index is 0.292. The van der Waals surface area contributed by atoms with Gasteiger partial charge in [-0.25, -0.2) is 8.42 Å². The lowest BCUT2D eigenvalue weighted by atomic mass is 10.3. The number of rotatable bonds is 4. The Balaban J connectivity index is 2.33. The Bertz CT molecular complexity index is 698. The summed E-state index contributed by atoms with van der Waals surface area (Å²) in [5.74, 6) is 0. The highest BCUT2D eigenvalue weighted by atomic mass is 79.9. The molecule has 3 nitrogen and oxygen atoms in total. The zero-order valence-corrected chi connectivity index (χ0v) is 14.0. The molecule has 0 bridgehead atoms. The van der Waals surface area contributed by atoms with Gasteiger partial charge in [0.25, 0.3) is 10.0 Å². The highest BCUT2D eigenvalue weighted by molar-refractivity contribution is 9.10. The first-order chi connectivity index (χ1) is 8.92. The number of anilines is 1. The van der Waals surface area contributed by atoms with E-state index in [2.05, 4.69) is 20.7 Å². The third-order valence-electron chi connectivity index (χ3n) is 2.42. The molecule has 19 heavy (non-hydrogen) atoms. The summed E-state index contributed by atoms with van der Waals surface area (Å²) in [4.78, 5) is 1.03. The number of hydrogen-bond donors (Lipinski definition) is 1. The van der Waals surface area contributed by atoms with Crippen molar-refractivity contribution in [1.29, 1.82) is 0 Å². The van der Waals surface area contributed by atoms with Crippen molar-refractivity contribution in [3.63, 3.8) is 0 Å². The monoisotopic (exact) mass is 379 g/mol. The van der Waals surface area contributed by atoms with E-state index < -0.39 is 10.0 Å². The molecule has 1 heterocycles. The summed E-state index contributed by atoms with van der Waals surface area (Å²) in [6, 6.07) is 8.45. The van der Waals surface area contributed by atoms with Gasteiger partial charge in [0.1, 0.15) is 4.21 Å². The number of thiophene rings is 1. The molecule has 0 radical (unpaired) electrons. The molecule has 0 saturated heterocycles. The van der Waals surface area contributed by atoms with E-state index in [4.69, 9.17) is 11.6 Å². The highest BCUT2D eigenvalue weighted by Gasteiger charge is 2.18. The van der Waals surface area contributed by atoms with Crippen molar-refractivity contribution in [1.82, 2.24) is 0 Å². The van der Waals surface area contributed by atoms with Gasteiger partial charge >= 0.3 is 0 Å². The molecule has 2 aromatic rings. The molecule has 0 aliphatic rings.